The summed E-state index contributed by atoms with van der Waals surface area (Å²) in [5, 5.41) is 22.1. The number of fused-ring (bicyclic) bond motifs is 1. The Morgan fingerprint density at radius 2 is 2.07 bits per heavy atom. The van der Waals surface area contributed by atoms with Gasteiger partial charge in [-0.3, -0.25) is 9.98 Å². The first-order valence-electron chi connectivity index (χ1n) is 8.36. The highest BCUT2D eigenvalue weighted by atomic mass is 35.5. The van der Waals surface area contributed by atoms with Crippen LogP contribution in [0.5, 0.6) is 11.5 Å². The van der Waals surface area contributed by atoms with Gasteiger partial charge in [0.25, 0.3) is 0 Å². The summed E-state index contributed by atoms with van der Waals surface area (Å²) in [7, 11) is 0. The van der Waals surface area contributed by atoms with Crippen LogP contribution in [0.4, 0.5) is 0 Å². The van der Waals surface area contributed by atoms with E-state index in [0.29, 0.717) is 34.8 Å². The van der Waals surface area contributed by atoms with E-state index in [2.05, 4.69) is 37.1 Å². The number of nitrogens with zero attached hydrogens (tertiary/aromatic N) is 4. The number of aliphatic imine (C=N–C) groups is 4. The molecule has 1 aromatic carbocycles. The van der Waals surface area contributed by atoms with Gasteiger partial charge in [0.15, 0.2) is 29.2 Å². The van der Waals surface area contributed by atoms with Gasteiger partial charge < -0.3 is 15.5 Å². The Morgan fingerprint density at radius 1 is 1.18 bits per heavy atom. The molecule has 0 fully saturated rings. The van der Waals surface area contributed by atoms with Gasteiger partial charge in [0.05, 0.1) is 9.21 Å². The van der Waals surface area contributed by atoms with E-state index >= 15 is 0 Å². The standard InChI is InChI=1S/C19H14ClN5O2S/c20-15-5-2-12(28-15)3-6-16-24-18(17-19(25-16)23-10-22-17)21-8-7-11-1-4-13(26)14(27)9-11/h1-2,4-5,9-10,17,26-27H,7-8H2,(H,21,22,23,24,25). The SMILES string of the molecule is Oc1ccc(CCN=C2N=C(C#Cc3ccc(Cl)s3)NC3=NC=NC23)cc1O. The number of phenolic OH excluding ortho intramolecular Hbond substituents is 2. The Balaban J connectivity index is 1.52. The van der Waals surface area contributed by atoms with Crippen molar-refractivity contribution in [1.82, 2.24) is 5.32 Å². The Bertz CT molecular complexity index is 1110. The highest BCUT2D eigenvalue weighted by molar-refractivity contribution is 7.16. The Morgan fingerprint density at radius 3 is 2.86 bits per heavy atom. The van der Waals surface area contributed by atoms with E-state index in [9.17, 15) is 10.2 Å². The molecule has 7 nitrogen and oxygen atoms in total. The zero-order valence-corrected chi connectivity index (χ0v) is 16.0. The topological polar surface area (TPSA) is 102 Å². The minimum Gasteiger partial charge on any atom is -0.504 e. The Kier molecular flexibility index (Phi) is 5.10. The molecule has 2 aliphatic heterocycles. The summed E-state index contributed by atoms with van der Waals surface area (Å²) < 4.78 is 0.680. The zero-order valence-electron chi connectivity index (χ0n) is 14.4. The van der Waals surface area contributed by atoms with Crippen LogP contribution in [0.1, 0.15) is 10.4 Å². The normalized spacial score (nSPS) is 18.8. The molecule has 0 saturated heterocycles. The number of benzene rings is 1. The summed E-state index contributed by atoms with van der Waals surface area (Å²) in [6.07, 6.45) is 2.06. The number of amidine groups is 3. The van der Waals surface area contributed by atoms with Crippen LogP contribution in [0.2, 0.25) is 4.34 Å². The number of rotatable bonds is 3. The number of hydrogen-bond acceptors (Lipinski definition) is 7. The predicted octanol–water partition coefficient (Wildman–Crippen LogP) is 2.62. The second-order valence-electron chi connectivity index (χ2n) is 5.93. The van der Waals surface area contributed by atoms with Crippen LogP contribution in [-0.2, 0) is 6.42 Å². The molecule has 0 aliphatic carbocycles. The smallest absolute Gasteiger partial charge is 0.186 e. The zero-order chi connectivity index (χ0) is 19.5. The van der Waals surface area contributed by atoms with Crippen molar-refractivity contribution >= 4 is 46.8 Å². The van der Waals surface area contributed by atoms with Gasteiger partial charge in [0.2, 0.25) is 0 Å². The van der Waals surface area contributed by atoms with Crippen molar-refractivity contribution in [1.29, 1.82) is 0 Å². The molecule has 1 atom stereocenters. The summed E-state index contributed by atoms with van der Waals surface area (Å²) in [4.78, 5) is 18.4. The van der Waals surface area contributed by atoms with E-state index in [1.165, 1.54) is 29.8 Å². The largest absolute Gasteiger partial charge is 0.504 e. The molecule has 3 heterocycles. The molecule has 0 bridgehead atoms. The molecule has 0 amide bonds. The van der Waals surface area contributed by atoms with Gasteiger partial charge in [-0.15, -0.1) is 11.3 Å². The molecule has 0 saturated carbocycles. The molecule has 9 heteroatoms. The van der Waals surface area contributed by atoms with Crippen LogP contribution in [0.15, 0.2) is 50.3 Å². The lowest BCUT2D eigenvalue weighted by Crippen LogP contribution is -2.45. The van der Waals surface area contributed by atoms with Crippen molar-refractivity contribution in [3.05, 3.63) is 45.1 Å². The van der Waals surface area contributed by atoms with Crippen molar-refractivity contribution in [2.24, 2.45) is 20.0 Å². The second-order valence-corrected chi connectivity index (χ2v) is 7.65. The second kappa shape index (κ2) is 7.84. The van der Waals surface area contributed by atoms with Crippen LogP contribution in [0.3, 0.4) is 0 Å². The van der Waals surface area contributed by atoms with E-state index in [4.69, 9.17) is 11.6 Å². The van der Waals surface area contributed by atoms with Gasteiger partial charge in [0.1, 0.15) is 12.2 Å². The number of aromatic hydroxyl groups is 2. The minimum atomic E-state index is -0.352. The van der Waals surface area contributed by atoms with Crippen LogP contribution in [-0.4, -0.2) is 46.6 Å². The molecule has 3 N–H and O–H groups in total. The van der Waals surface area contributed by atoms with E-state index in [1.54, 1.807) is 12.1 Å². The fraction of sp³-hybridized carbons (Fsp3) is 0.158. The van der Waals surface area contributed by atoms with Gasteiger partial charge in [-0.2, -0.15) is 0 Å². The monoisotopic (exact) mass is 411 g/mol. The molecule has 0 radical (unpaired) electrons. The van der Waals surface area contributed by atoms with Crippen molar-refractivity contribution in [2.45, 2.75) is 12.5 Å². The van der Waals surface area contributed by atoms with Crippen LogP contribution in [0, 0.1) is 11.8 Å². The first-order chi connectivity index (χ1) is 13.6. The molecule has 1 unspecified atom stereocenters. The minimum absolute atomic E-state index is 0.144. The molecule has 2 aromatic rings. The molecule has 28 heavy (non-hydrogen) atoms. The maximum absolute atomic E-state index is 9.59. The lowest BCUT2D eigenvalue weighted by atomic mass is 10.1. The van der Waals surface area contributed by atoms with Crippen molar-refractivity contribution in [2.75, 3.05) is 6.54 Å². The van der Waals surface area contributed by atoms with Gasteiger partial charge in [0, 0.05) is 6.54 Å². The summed E-state index contributed by atoms with van der Waals surface area (Å²) in [6.45, 7) is 0.448. The summed E-state index contributed by atoms with van der Waals surface area (Å²) in [5.74, 6) is 7.33. The molecular weight excluding hydrogens is 398 g/mol. The third-order valence-electron chi connectivity index (χ3n) is 3.98. The molecule has 0 spiro atoms. The Labute approximate surface area is 169 Å². The summed E-state index contributed by atoms with van der Waals surface area (Å²) in [5.41, 5.74) is 0.857. The van der Waals surface area contributed by atoms with E-state index < -0.39 is 0 Å². The summed E-state index contributed by atoms with van der Waals surface area (Å²) in [6, 6.07) is 8.01. The van der Waals surface area contributed by atoms with Crippen molar-refractivity contribution in [3.8, 4) is 23.3 Å². The molecule has 1 aromatic heterocycles. The highest BCUT2D eigenvalue weighted by Crippen LogP contribution is 2.25. The van der Waals surface area contributed by atoms with Gasteiger partial charge in [-0.25, -0.2) is 9.98 Å². The lowest BCUT2D eigenvalue weighted by Gasteiger charge is -2.18. The Hall–Kier alpha value is -3.15. The van der Waals surface area contributed by atoms with Crippen LogP contribution >= 0.6 is 22.9 Å². The van der Waals surface area contributed by atoms with Crippen molar-refractivity contribution < 1.29 is 10.2 Å². The summed E-state index contributed by atoms with van der Waals surface area (Å²) >= 11 is 7.32. The first kappa shape index (κ1) is 18.2. The average Bonchev–Trinajstić information content (AvgIpc) is 3.31. The number of phenols is 2. The quantitative estimate of drug-likeness (QED) is 0.534. The molecule has 2 aliphatic rings. The predicted molar refractivity (Wildman–Crippen MR) is 112 cm³/mol. The number of halogens is 1. The fourth-order valence-corrected chi connectivity index (χ4v) is 3.52. The van der Waals surface area contributed by atoms with Gasteiger partial charge in [-0.1, -0.05) is 17.7 Å². The maximum Gasteiger partial charge on any atom is 0.186 e. The maximum atomic E-state index is 9.59. The molecule has 4 rings (SSSR count). The third-order valence-corrected chi connectivity index (χ3v) is 5.13. The van der Waals surface area contributed by atoms with Crippen LogP contribution in [0.25, 0.3) is 0 Å². The third kappa shape index (κ3) is 4.06. The number of hydrogen-bond donors (Lipinski definition) is 3. The highest BCUT2D eigenvalue weighted by Gasteiger charge is 2.29. The fourth-order valence-electron chi connectivity index (χ4n) is 2.63. The van der Waals surface area contributed by atoms with Gasteiger partial charge in [-0.05, 0) is 48.1 Å². The lowest BCUT2D eigenvalue weighted by molar-refractivity contribution is 0.403. The van der Waals surface area contributed by atoms with E-state index in [0.717, 1.165) is 10.4 Å². The van der Waals surface area contributed by atoms with Crippen molar-refractivity contribution in [3.63, 3.8) is 0 Å². The molecule has 140 valence electrons. The van der Waals surface area contributed by atoms with Crippen LogP contribution < -0.4 is 5.32 Å². The average molecular weight is 412 g/mol. The number of nitrogens with one attached hydrogen (secondary N) is 1. The first-order valence-corrected chi connectivity index (χ1v) is 9.55. The van der Waals surface area contributed by atoms with E-state index in [-0.39, 0.29) is 17.5 Å². The molecular formula is C19H14ClN5O2S. The number of thiophene rings is 1. The van der Waals surface area contributed by atoms with Gasteiger partial charge >= 0.3 is 0 Å². The van der Waals surface area contributed by atoms with E-state index in [1.807, 2.05) is 6.07 Å².